The van der Waals surface area contributed by atoms with Crippen LogP contribution >= 0.6 is 0 Å². The van der Waals surface area contributed by atoms with Gasteiger partial charge < -0.3 is 10.5 Å². The van der Waals surface area contributed by atoms with E-state index in [1.807, 2.05) is 26.0 Å². The van der Waals surface area contributed by atoms with Crippen LogP contribution in [0.2, 0.25) is 0 Å². The molecule has 0 bridgehead atoms. The summed E-state index contributed by atoms with van der Waals surface area (Å²) in [5.74, 6) is 0.904. The van der Waals surface area contributed by atoms with Crippen molar-refractivity contribution in [2.45, 2.75) is 13.8 Å². The molecule has 4 nitrogen and oxygen atoms in total. The van der Waals surface area contributed by atoms with E-state index in [2.05, 4.69) is 9.97 Å². The minimum absolute atomic E-state index is 0.580. The Morgan fingerprint density at radius 2 is 1.82 bits per heavy atom. The second kappa shape index (κ2) is 4.41. The molecule has 1 aromatic carbocycles. The molecule has 0 fully saturated rings. The Bertz CT molecular complexity index is 529. The monoisotopic (exact) mass is 229 g/mol. The number of hydrogen-bond acceptors (Lipinski definition) is 4. The molecule has 0 saturated carbocycles. The van der Waals surface area contributed by atoms with E-state index in [9.17, 15) is 0 Å². The Morgan fingerprint density at radius 3 is 2.35 bits per heavy atom. The van der Waals surface area contributed by atoms with Gasteiger partial charge in [0, 0.05) is 5.56 Å². The third-order valence-electron chi connectivity index (χ3n) is 2.68. The van der Waals surface area contributed by atoms with Crippen molar-refractivity contribution in [2.24, 2.45) is 0 Å². The zero-order valence-corrected chi connectivity index (χ0v) is 10.2. The largest absolute Gasteiger partial charge is 0.496 e. The molecule has 0 saturated heterocycles. The summed E-state index contributed by atoms with van der Waals surface area (Å²) in [6, 6.07) is 4.04. The molecule has 0 aliphatic rings. The van der Waals surface area contributed by atoms with Crippen LogP contribution in [0, 0.1) is 13.8 Å². The van der Waals surface area contributed by atoms with E-state index in [1.54, 1.807) is 13.3 Å². The number of hydrogen-bond donors (Lipinski definition) is 1. The summed E-state index contributed by atoms with van der Waals surface area (Å²) in [6.45, 7) is 4.01. The zero-order valence-electron chi connectivity index (χ0n) is 10.2. The Hall–Kier alpha value is -2.10. The van der Waals surface area contributed by atoms with Crippen LogP contribution in [0.1, 0.15) is 11.1 Å². The lowest BCUT2D eigenvalue weighted by molar-refractivity contribution is 0.408. The molecule has 88 valence electrons. The fourth-order valence-electron chi connectivity index (χ4n) is 1.99. The number of nitrogens with two attached hydrogens (primary N) is 1. The van der Waals surface area contributed by atoms with Crippen molar-refractivity contribution < 1.29 is 4.74 Å². The normalized spacial score (nSPS) is 10.3. The van der Waals surface area contributed by atoms with Gasteiger partial charge in [0.25, 0.3) is 0 Å². The second-order valence-corrected chi connectivity index (χ2v) is 3.97. The van der Waals surface area contributed by atoms with Crippen LogP contribution in [-0.2, 0) is 0 Å². The van der Waals surface area contributed by atoms with Gasteiger partial charge in [-0.1, -0.05) is 0 Å². The molecule has 0 atom stereocenters. The number of aryl methyl sites for hydroxylation is 2. The highest BCUT2D eigenvalue weighted by atomic mass is 16.5. The van der Waals surface area contributed by atoms with Crippen LogP contribution in [0.15, 0.2) is 24.7 Å². The molecule has 2 N–H and O–H groups in total. The lowest BCUT2D eigenvalue weighted by atomic mass is 10.0. The molecule has 0 unspecified atom stereocenters. The van der Waals surface area contributed by atoms with Gasteiger partial charge in [-0.25, -0.2) is 9.97 Å². The van der Waals surface area contributed by atoms with Gasteiger partial charge in [-0.15, -0.1) is 0 Å². The summed E-state index contributed by atoms with van der Waals surface area (Å²) in [6.07, 6.45) is 3.11. The van der Waals surface area contributed by atoms with Gasteiger partial charge in [0.2, 0.25) is 0 Å². The molecule has 0 radical (unpaired) electrons. The summed E-state index contributed by atoms with van der Waals surface area (Å²) < 4.78 is 5.33. The van der Waals surface area contributed by atoms with Crippen molar-refractivity contribution in [3.63, 3.8) is 0 Å². The van der Waals surface area contributed by atoms with E-state index in [0.717, 1.165) is 28.1 Å². The number of anilines is 1. The summed E-state index contributed by atoms with van der Waals surface area (Å²) in [5.41, 5.74) is 10.3. The van der Waals surface area contributed by atoms with Crippen molar-refractivity contribution in [1.82, 2.24) is 9.97 Å². The molecule has 1 heterocycles. The molecule has 2 rings (SSSR count). The van der Waals surface area contributed by atoms with Crippen LogP contribution in [0.4, 0.5) is 5.69 Å². The average Bonchev–Trinajstić information content (AvgIpc) is 2.29. The van der Waals surface area contributed by atoms with Gasteiger partial charge in [0.15, 0.2) is 0 Å². The smallest absolute Gasteiger partial charge is 0.124 e. The minimum atomic E-state index is 0.580. The van der Waals surface area contributed by atoms with Gasteiger partial charge in [-0.05, 0) is 37.1 Å². The fraction of sp³-hybridized carbons (Fsp3) is 0.231. The van der Waals surface area contributed by atoms with E-state index < -0.39 is 0 Å². The number of nitrogen functional groups attached to an aromatic ring is 1. The maximum absolute atomic E-state index is 5.87. The van der Waals surface area contributed by atoms with Crippen LogP contribution in [0.5, 0.6) is 5.75 Å². The predicted molar refractivity (Wildman–Crippen MR) is 67.9 cm³/mol. The Labute approximate surface area is 100 Å². The quantitative estimate of drug-likeness (QED) is 0.858. The van der Waals surface area contributed by atoms with Gasteiger partial charge in [-0.3, -0.25) is 0 Å². The molecular formula is C13H15N3O. The molecular weight excluding hydrogens is 214 g/mol. The summed E-state index contributed by atoms with van der Waals surface area (Å²) in [5, 5.41) is 0. The molecule has 2 aromatic rings. The van der Waals surface area contributed by atoms with Crippen molar-refractivity contribution in [3.05, 3.63) is 35.8 Å². The molecule has 17 heavy (non-hydrogen) atoms. The van der Waals surface area contributed by atoms with Gasteiger partial charge in [0.1, 0.15) is 12.1 Å². The van der Waals surface area contributed by atoms with Gasteiger partial charge in [0.05, 0.1) is 24.7 Å². The number of ether oxygens (including phenoxy) is 1. The maximum Gasteiger partial charge on any atom is 0.124 e. The minimum Gasteiger partial charge on any atom is -0.496 e. The van der Waals surface area contributed by atoms with E-state index in [1.165, 1.54) is 6.33 Å². The first-order valence-corrected chi connectivity index (χ1v) is 5.34. The van der Waals surface area contributed by atoms with Crippen LogP contribution < -0.4 is 10.5 Å². The predicted octanol–water partition coefficient (Wildman–Crippen LogP) is 2.35. The molecule has 0 amide bonds. The highest BCUT2D eigenvalue weighted by Crippen LogP contribution is 2.30. The zero-order chi connectivity index (χ0) is 12.4. The Balaban J connectivity index is 2.59. The third kappa shape index (κ3) is 2.06. The van der Waals surface area contributed by atoms with E-state index in [-0.39, 0.29) is 0 Å². The Morgan fingerprint density at radius 1 is 1.18 bits per heavy atom. The SMILES string of the molecule is COc1c(C)cc(-c2ncncc2N)cc1C. The summed E-state index contributed by atoms with van der Waals surface area (Å²) in [4.78, 5) is 8.10. The number of benzene rings is 1. The highest BCUT2D eigenvalue weighted by molar-refractivity contribution is 5.73. The fourth-order valence-corrected chi connectivity index (χ4v) is 1.99. The van der Waals surface area contributed by atoms with Gasteiger partial charge >= 0.3 is 0 Å². The van der Waals surface area contributed by atoms with E-state index in [0.29, 0.717) is 5.69 Å². The first-order chi connectivity index (χ1) is 8.13. The van der Waals surface area contributed by atoms with Crippen molar-refractivity contribution in [2.75, 3.05) is 12.8 Å². The molecule has 0 aliphatic heterocycles. The van der Waals surface area contributed by atoms with Crippen LogP contribution in [0.25, 0.3) is 11.3 Å². The first-order valence-electron chi connectivity index (χ1n) is 5.34. The maximum atomic E-state index is 5.87. The van der Waals surface area contributed by atoms with Crippen LogP contribution in [-0.4, -0.2) is 17.1 Å². The molecule has 1 aromatic heterocycles. The van der Waals surface area contributed by atoms with Crippen molar-refractivity contribution in [1.29, 1.82) is 0 Å². The summed E-state index contributed by atoms with van der Waals surface area (Å²) in [7, 11) is 1.67. The third-order valence-corrected chi connectivity index (χ3v) is 2.68. The van der Waals surface area contributed by atoms with Crippen molar-refractivity contribution in [3.8, 4) is 17.0 Å². The first kappa shape index (κ1) is 11.4. The van der Waals surface area contributed by atoms with Gasteiger partial charge in [-0.2, -0.15) is 0 Å². The molecule has 4 heteroatoms. The number of nitrogens with zero attached hydrogens (tertiary/aromatic N) is 2. The standard InChI is InChI=1S/C13H15N3O/c1-8-4-10(5-9(2)13(8)17-3)12-11(14)6-15-7-16-12/h4-7H,14H2,1-3H3. The lowest BCUT2D eigenvalue weighted by Crippen LogP contribution is -1.97. The number of methoxy groups -OCH3 is 1. The topological polar surface area (TPSA) is 61.0 Å². The van der Waals surface area contributed by atoms with Crippen LogP contribution in [0.3, 0.4) is 0 Å². The Kier molecular flexibility index (Phi) is 2.95. The molecule has 0 aliphatic carbocycles. The summed E-state index contributed by atoms with van der Waals surface area (Å²) >= 11 is 0. The highest BCUT2D eigenvalue weighted by Gasteiger charge is 2.09. The van der Waals surface area contributed by atoms with E-state index >= 15 is 0 Å². The second-order valence-electron chi connectivity index (χ2n) is 3.97. The number of rotatable bonds is 2. The number of aromatic nitrogens is 2. The molecule has 0 spiro atoms. The van der Waals surface area contributed by atoms with E-state index in [4.69, 9.17) is 10.5 Å². The average molecular weight is 229 g/mol. The lowest BCUT2D eigenvalue weighted by Gasteiger charge is -2.11. The van der Waals surface area contributed by atoms with Crippen molar-refractivity contribution >= 4 is 5.69 Å².